The minimum absolute atomic E-state index is 0.000503. The summed E-state index contributed by atoms with van der Waals surface area (Å²) in [6.07, 6.45) is -3.54. The summed E-state index contributed by atoms with van der Waals surface area (Å²) in [4.78, 5) is 30.6. The number of hydrogen-bond donors (Lipinski definition) is 3. The van der Waals surface area contributed by atoms with Crippen molar-refractivity contribution in [2.45, 2.75) is 31.8 Å². The van der Waals surface area contributed by atoms with Crippen LogP contribution >= 0.6 is 0 Å². The van der Waals surface area contributed by atoms with Gasteiger partial charge in [0.1, 0.15) is 17.1 Å². The number of alkyl halides is 3. The molecule has 1 saturated heterocycles. The van der Waals surface area contributed by atoms with Gasteiger partial charge in [0.25, 0.3) is 5.91 Å². The lowest BCUT2D eigenvalue weighted by molar-refractivity contribution is -0.274. The highest BCUT2D eigenvalue weighted by Crippen LogP contribution is 2.30. The number of nitrogens with one attached hydrogen (secondary N) is 3. The van der Waals surface area contributed by atoms with Crippen molar-refractivity contribution in [3.8, 4) is 5.75 Å². The maximum atomic E-state index is 13.2. The Balaban J connectivity index is 1.44. The Morgan fingerprint density at radius 2 is 1.71 bits per heavy atom. The topological polar surface area (TPSA) is 130 Å². The predicted octanol–water partition coefficient (Wildman–Crippen LogP) is 3.48. The second-order valence-electron chi connectivity index (χ2n) is 8.58. The standard InChI is InChI=1S/C24H22F3N5O5S/c1-23(21(33)32(22(34)30-23)18-7-9-19(10-8-18)37-24(25,26)27)14-17-11-12-28-20(13-17)31-38(35,36)29-15-16-5-3-2-4-6-16/h2-13,29H,14-15H2,1H3,(H,28,31)(H,30,34). The van der Waals surface area contributed by atoms with E-state index in [2.05, 4.69) is 24.5 Å². The van der Waals surface area contributed by atoms with Crippen LogP contribution in [0.25, 0.3) is 0 Å². The van der Waals surface area contributed by atoms with E-state index in [1.54, 1.807) is 30.3 Å². The van der Waals surface area contributed by atoms with E-state index in [4.69, 9.17) is 0 Å². The summed E-state index contributed by atoms with van der Waals surface area (Å²) < 4.78 is 70.6. The highest BCUT2D eigenvalue weighted by atomic mass is 32.2. The fourth-order valence-electron chi connectivity index (χ4n) is 3.83. The van der Waals surface area contributed by atoms with Crippen molar-refractivity contribution in [3.63, 3.8) is 0 Å². The number of carbonyl (C=O) groups excluding carboxylic acids is 2. The lowest BCUT2D eigenvalue weighted by Crippen LogP contribution is -2.46. The number of nitrogens with zero attached hydrogens (tertiary/aromatic N) is 2. The van der Waals surface area contributed by atoms with Gasteiger partial charge in [-0.15, -0.1) is 13.2 Å². The lowest BCUT2D eigenvalue weighted by Gasteiger charge is -2.22. The molecule has 0 saturated carbocycles. The van der Waals surface area contributed by atoms with Crippen LogP contribution in [0.4, 0.5) is 29.5 Å². The van der Waals surface area contributed by atoms with Gasteiger partial charge in [-0.05, 0) is 54.4 Å². The van der Waals surface area contributed by atoms with Crippen LogP contribution in [0.15, 0.2) is 72.9 Å². The van der Waals surface area contributed by atoms with Crippen LogP contribution in [0, 0.1) is 0 Å². The predicted molar refractivity (Wildman–Crippen MR) is 131 cm³/mol. The molecule has 3 amide bonds. The molecule has 1 aromatic heterocycles. The number of ether oxygens (including phenoxy) is 1. The number of carbonyl (C=O) groups is 2. The minimum atomic E-state index is -4.88. The van der Waals surface area contributed by atoms with Crippen molar-refractivity contribution in [2.75, 3.05) is 9.62 Å². The lowest BCUT2D eigenvalue weighted by atomic mass is 9.93. The summed E-state index contributed by atoms with van der Waals surface area (Å²) in [5, 5.41) is 2.59. The largest absolute Gasteiger partial charge is 0.573 e. The average Bonchev–Trinajstić information content (AvgIpc) is 3.05. The van der Waals surface area contributed by atoms with Gasteiger partial charge in [0.2, 0.25) is 0 Å². The summed E-state index contributed by atoms with van der Waals surface area (Å²) in [6.45, 7) is 1.55. The zero-order chi connectivity index (χ0) is 27.6. The summed E-state index contributed by atoms with van der Waals surface area (Å²) in [5.74, 6) is -1.14. The van der Waals surface area contributed by atoms with Crippen LogP contribution in [0.2, 0.25) is 0 Å². The molecule has 0 radical (unpaired) electrons. The molecule has 38 heavy (non-hydrogen) atoms. The third-order valence-electron chi connectivity index (χ3n) is 5.52. The third-order valence-corrected chi connectivity index (χ3v) is 6.52. The van der Waals surface area contributed by atoms with Gasteiger partial charge in [-0.3, -0.25) is 9.52 Å². The van der Waals surface area contributed by atoms with E-state index in [1.807, 2.05) is 6.07 Å². The number of hydrogen-bond acceptors (Lipinski definition) is 6. The van der Waals surface area contributed by atoms with Gasteiger partial charge < -0.3 is 10.1 Å². The molecule has 3 N–H and O–H groups in total. The fraction of sp³-hybridized carbons (Fsp3) is 0.208. The first-order valence-electron chi connectivity index (χ1n) is 11.1. The summed E-state index contributed by atoms with van der Waals surface area (Å²) >= 11 is 0. The number of pyridine rings is 1. The first kappa shape index (κ1) is 26.9. The Bertz CT molecular complexity index is 1440. The molecule has 14 heteroatoms. The number of amides is 3. The van der Waals surface area contributed by atoms with E-state index >= 15 is 0 Å². The molecule has 0 aliphatic carbocycles. The molecule has 1 aliphatic heterocycles. The molecule has 0 bridgehead atoms. The van der Waals surface area contributed by atoms with E-state index in [9.17, 15) is 31.2 Å². The minimum Gasteiger partial charge on any atom is -0.406 e. The molecule has 1 atom stereocenters. The molecule has 2 aromatic carbocycles. The maximum absolute atomic E-state index is 13.2. The quantitative estimate of drug-likeness (QED) is 0.351. The summed E-state index contributed by atoms with van der Waals surface area (Å²) in [6, 6.07) is 15.4. The second-order valence-corrected chi connectivity index (χ2v) is 10.1. The van der Waals surface area contributed by atoms with Gasteiger partial charge in [0.05, 0.1) is 5.69 Å². The van der Waals surface area contributed by atoms with Crippen LogP contribution in [-0.4, -0.2) is 37.2 Å². The molecule has 0 spiro atoms. The van der Waals surface area contributed by atoms with Crippen molar-refractivity contribution in [1.82, 2.24) is 15.0 Å². The van der Waals surface area contributed by atoms with Gasteiger partial charge in [-0.1, -0.05) is 30.3 Å². The third kappa shape index (κ3) is 6.58. The first-order chi connectivity index (χ1) is 17.8. The molecule has 2 heterocycles. The average molecular weight is 550 g/mol. The van der Waals surface area contributed by atoms with Gasteiger partial charge in [-0.25, -0.2) is 14.7 Å². The number of benzene rings is 2. The van der Waals surface area contributed by atoms with Crippen LogP contribution in [0.1, 0.15) is 18.1 Å². The van der Waals surface area contributed by atoms with Crippen molar-refractivity contribution < 1.29 is 35.9 Å². The van der Waals surface area contributed by atoms with Gasteiger partial charge in [0.15, 0.2) is 0 Å². The monoisotopic (exact) mass is 549 g/mol. The highest BCUT2D eigenvalue weighted by Gasteiger charge is 2.48. The van der Waals surface area contributed by atoms with E-state index in [1.165, 1.54) is 19.2 Å². The Labute approximate surface area is 216 Å². The number of anilines is 2. The number of urea groups is 1. The Morgan fingerprint density at radius 3 is 2.37 bits per heavy atom. The first-order valence-corrected chi connectivity index (χ1v) is 12.6. The van der Waals surface area contributed by atoms with Gasteiger partial charge >= 0.3 is 22.6 Å². The summed E-state index contributed by atoms with van der Waals surface area (Å²) in [5.41, 5.74) is -0.109. The smallest absolute Gasteiger partial charge is 0.406 e. The van der Waals surface area contributed by atoms with Crippen molar-refractivity contribution in [2.24, 2.45) is 0 Å². The SMILES string of the molecule is CC1(Cc2ccnc(NS(=O)(=O)NCc3ccccc3)c2)NC(=O)N(c2ccc(OC(F)(F)F)cc2)C1=O. The normalized spacial score (nSPS) is 17.8. The molecule has 1 unspecified atom stereocenters. The number of halogens is 3. The van der Waals surface area contributed by atoms with Crippen molar-refractivity contribution >= 4 is 33.7 Å². The zero-order valence-corrected chi connectivity index (χ0v) is 20.6. The molecule has 3 aromatic rings. The highest BCUT2D eigenvalue weighted by molar-refractivity contribution is 7.90. The summed E-state index contributed by atoms with van der Waals surface area (Å²) in [7, 11) is -3.96. The van der Waals surface area contributed by atoms with E-state index in [-0.39, 0.29) is 24.5 Å². The van der Waals surface area contributed by atoms with Crippen molar-refractivity contribution in [3.05, 3.63) is 84.1 Å². The molecule has 1 fully saturated rings. The Hall–Kier alpha value is -4.17. The van der Waals surface area contributed by atoms with Gasteiger partial charge in [-0.2, -0.15) is 13.1 Å². The zero-order valence-electron chi connectivity index (χ0n) is 19.8. The van der Waals surface area contributed by atoms with Crippen molar-refractivity contribution in [1.29, 1.82) is 0 Å². The van der Waals surface area contributed by atoms with Crippen LogP contribution in [0.5, 0.6) is 5.75 Å². The molecule has 10 nitrogen and oxygen atoms in total. The second kappa shape index (κ2) is 10.3. The van der Waals surface area contributed by atoms with Gasteiger partial charge in [0, 0.05) is 19.2 Å². The van der Waals surface area contributed by atoms with E-state index in [0.717, 1.165) is 34.7 Å². The van der Waals surface area contributed by atoms with E-state index < -0.39 is 39.8 Å². The molecular weight excluding hydrogens is 527 g/mol. The molecule has 200 valence electrons. The van der Waals surface area contributed by atoms with Crippen LogP contribution in [-0.2, 0) is 28.0 Å². The van der Waals surface area contributed by atoms with E-state index in [0.29, 0.717) is 5.56 Å². The fourth-order valence-corrected chi connectivity index (χ4v) is 4.65. The number of imide groups is 1. The Kier molecular flexibility index (Phi) is 7.29. The number of aromatic nitrogens is 1. The Morgan fingerprint density at radius 1 is 1.03 bits per heavy atom. The molecule has 4 rings (SSSR count). The number of rotatable bonds is 9. The van der Waals surface area contributed by atoms with Crippen LogP contribution < -0.4 is 24.4 Å². The molecular formula is C24H22F3N5O5S. The van der Waals surface area contributed by atoms with Crippen LogP contribution in [0.3, 0.4) is 0 Å². The molecule has 1 aliphatic rings. The maximum Gasteiger partial charge on any atom is 0.573 e.